The minimum atomic E-state index is -0.513. The first-order chi connectivity index (χ1) is 8.78. The Hall–Kier alpha value is -1.95. The molecule has 6 heteroatoms. The van der Waals surface area contributed by atoms with Crippen LogP contribution >= 0.6 is 0 Å². The first-order valence-corrected chi connectivity index (χ1v) is 6.01. The first kappa shape index (κ1) is 13.5. The average Bonchev–Trinajstić information content (AvgIpc) is 3.06. The van der Waals surface area contributed by atoms with Gasteiger partial charge >= 0.3 is 5.97 Å². The highest BCUT2D eigenvalue weighted by molar-refractivity contribution is 5.81. The number of nitrogens with zero attached hydrogens (tertiary/aromatic N) is 1. The number of nitro groups is 1. The minimum absolute atomic E-state index is 0.0400. The highest BCUT2D eigenvalue weighted by Crippen LogP contribution is 2.32. The van der Waals surface area contributed by atoms with Crippen molar-refractivity contribution in [3.63, 3.8) is 0 Å². The summed E-state index contributed by atoms with van der Waals surface area (Å²) in [6.45, 7) is 5.44. The zero-order valence-electron chi connectivity index (χ0n) is 11.0. The number of non-ortho nitro benzene ring substituents is 1. The van der Waals surface area contributed by atoms with Crippen LogP contribution in [0.4, 0.5) is 5.69 Å². The topological polar surface area (TPSA) is 91.4 Å². The molecule has 1 fully saturated rings. The third kappa shape index (κ3) is 3.29. The molecule has 1 heterocycles. The SMILES string of the molecule is CC(C)(C)OC(=O)[C@H]1N[C@@H]1c1ccc([N+](=O)[O-])cc1. The number of benzene rings is 1. The smallest absolute Gasteiger partial charge is 0.325 e. The third-order valence-electron chi connectivity index (χ3n) is 2.71. The van der Waals surface area contributed by atoms with Crippen LogP contribution < -0.4 is 5.32 Å². The molecule has 0 spiro atoms. The van der Waals surface area contributed by atoms with Gasteiger partial charge in [0.05, 0.1) is 11.0 Å². The maximum atomic E-state index is 11.8. The largest absolute Gasteiger partial charge is 0.459 e. The summed E-state index contributed by atoms with van der Waals surface area (Å²) in [5.41, 5.74) is 0.376. The molecule has 0 unspecified atom stereocenters. The Balaban J connectivity index is 1.99. The van der Waals surface area contributed by atoms with Gasteiger partial charge in [-0.15, -0.1) is 0 Å². The van der Waals surface area contributed by atoms with E-state index < -0.39 is 10.5 Å². The number of carbonyl (C=O) groups is 1. The van der Waals surface area contributed by atoms with Crippen LogP contribution in [0.1, 0.15) is 32.4 Å². The number of rotatable bonds is 3. The maximum Gasteiger partial charge on any atom is 0.325 e. The van der Waals surface area contributed by atoms with Crippen molar-refractivity contribution in [3.05, 3.63) is 39.9 Å². The first-order valence-electron chi connectivity index (χ1n) is 6.01. The van der Waals surface area contributed by atoms with E-state index in [1.54, 1.807) is 12.1 Å². The van der Waals surface area contributed by atoms with Gasteiger partial charge in [0, 0.05) is 12.1 Å². The van der Waals surface area contributed by atoms with Crippen LogP contribution in [0.15, 0.2) is 24.3 Å². The van der Waals surface area contributed by atoms with Gasteiger partial charge in [-0.2, -0.15) is 0 Å². The van der Waals surface area contributed by atoms with Gasteiger partial charge in [0.25, 0.3) is 5.69 Å². The number of nitrogens with one attached hydrogen (secondary N) is 1. The molecule has 0 saturated carbocycles. The Bertz CT molecular complexity index is 504. The van der Waals surface area contributed by atoms with E-state index in [0.717, 1.165) is 5.56 Å². The van der Waals surface area contributed by atoms with Crippen molar-refractivity contribution < 1.29 is 14.5 Å². The zero-order chi connectivity index (χ0) is 14.2. The predicted molar refractivity (Wildman–Crippen MR) is 68.6 cm³/mol. The molecule has 6 nitrogen and oxygen atoms in total. The van der Waals surface area contributed by atoms with Gasteiger partial charge in [-0.1, -0.05) is 12.1 Å². The van der Waals surface area contributed by atoms with Crippen molar-refractivity contribution in [2.45, 2.75) is 38.5 Å². The van der Waals surface area contributed by atoms with E-state index in [0.29, 0.717) is 0 Å². The van der Waals surface area contributed by atoms with E-state index in [4.69, 9.17) is 4.74 Å². The third-order valence-corrected chi connectivity index (χ3v) is 2.71. The molecule has 0 aromatic heterocycles. The molecular weight excluding hydrogens is 248 g/mol. The molecule has 0 aliphatic carbocycles. The Kier molecular flexibility index (Phi) is 3.28. The Morgan fingerprint density at radius 1 is 1.32 bits per heavy atom. The van der Waals surface area contributed by atoms with Gasteiger partial charge in [-0.3, -0.25) is 20.2 Å². The Morgan fingerprint density at radius 3 is 2.37 bits per heavy atom. The molecule has 1 aliphatic heterocycles. The lowest BCUT2D eigenvalue weighted by Crippen LogP contribution is -2.27. The van der Waals surface area contributed by atoms with Crippen molar-refractivity contribution in [2.75, 3.05) is 0 Å². The molecule has 1 saturated heterocycles. The van der Waals surface area contributed by atoms with E-state index in [2.05, 4.69) is 5.32 Å². The molecule has 19 heavy (non-hydrogen) atoms. The van der Waals surface area contributed by atoms with E-state index in [-0.39, 0.29) is 23.7 Å². The van der Waals surface area contributed by atoms with Crippen molar-refractivity contribution in [1.29, 1.82) is 0 Å². The van der Waals surface area contributed by atoms with E-state index >= 15 is 0 Å². The van der Waals surface area contributed by atoms with E-state index in [1.807, 2.05) is 20.8 Å². The second-order valence-electron chi connectivity index (χ2n) is 5.50. The molecule has 0 radical (unpaired) electrons. The molecule has 2 atom stereocenters. The molecule has 1 aromatic rings. The van der Waals surface area contributed by atoms with Crippen LogP contribution in [0.3, 0.4) is 0 Å². The second kappa shape index (κ2) is 4.62. The maximum absolute atomic E-state index is 11.8. The summed E-state index contributed by atoms with van der Waals surface area (Å²) in [5, 5.41) is 13.6. The quantitative estimate of drug-likeness (QED) is 0.390. The Morgan fingerprint density at radius 2 is 1.89 bits per heavy atom. The second-order valence-corrected chi connectivity index (χ2v) is 5.50. The van der Waals surface area contributed by atoms with Crippen LogP contribution in [0.5, 0.6) is 0 Å². The van der Waals surface area contributed by atoms with Crippen molar-refractivity contribution in [1.82, 2.24) is 5.32 Å². The normalized spacial score (nSPS) is 21.8. The summed E-state index contributed by atoms with van der Waals surface area (Å²) in [7, 11) is 0. The predicted octanol–water partition coefficient (Wildman–Crippen LogP) is 1.95. The monoisotopic (exact) mass is 264 g/mol. The van der Waals surface area contributed by atoms with E-state index in [9.17, 15) is 14.9 Å². The van der Waals surface area contributed by atoms with Gasteiger partial charge in [-0.25, -0.2) is 0 Å². The fraction of sp³-hybridized carbons (Fsp3) is 0.462. The summed E-state index contributed by atoms with van der Waals surface area (Å²) < 4.78 is 5.27. The molecular formula is C13H16N2O4. The van der Waals surface area contributed by atoms with E-state index in [1.165, 1.54) is 12.1 Å². The number of hydrogen-bond acceptors (Lipinski definition) is 5. The summed E-state index contributed by atoms with van der Waals surface area (Å²) in [5.74, 6) is -0.296. The molecule has 1 aromatic carbocycles. The summed E-state index contributed by atoms with van der Waals surface area (Å²) in [6.07, 6.45) is 0. The van der Waals surface area contributed by atoms with Crippen LogP contribution in [-0.2, 0) is 9.53 Å². The number of esters is 1. The number of carbonyl (C=O) groups excluding carboxylic acids is 1. The molecule has 2 rings (SSSR count). The summed E-state index contributed by atoms with van der Waals surface area (Å²) in [6, 6.07) is 5.69. The summed E-state index contributed by atoms with van der Waals surface area (Å²) in [4.78, 5) is 21.9. The molecule has 0 bridgehead atoms. The minimum Gasteiger partial charge on any atom is -0.459 e. The van der Waals surface area contributed by atoms with Gasteiger partial charge in [0.1, 0.15) is 11.6 Å². The van der Waals surface area contributed by atoms with Gasteiger partial charge in [-0.05, 0) is 26.3 Å². The zero-order valence-corrected chi connectivity index (χ0v) is 11.0. The number of nitro benzene ring substituents is 1. The highest BCUT2D eigenvalue weighted by Gasteiger charge is 2.45. The average molecular weight is 264 g/mol. The van der Waals surface area contributed by atoms with Crippen LogP contribution in [0.25, 0.3) is 0 Å². The van der Waals surface area contributed by atoms with Crippen molar-refractivity contribution in [2.24, 2.45) is 0 Å². The molecule has 1 aliphatic rings. The fourth-order valence-corrected chi connectivity index (χ4v) is 1.80. The number of ether oxygens (including phenoxy) is 1. The van der Waals surface area contributed by atoms with Gasteiger partial charge < -0.3 is 4.74 Å². The lowest BCUT2D eigenvalue weighted by atomic mass is 10.1. The van der Waals surface area contributed by atoms with Gasteiger partial charge in [0.15, 0.2) is 0 Å². The highest BCUT2D eigenvalue weighted by atomic mass is 16.6. The van der Waals surface area contributed by atoms with Gasteiger partial charge in [0.2, 0.25) is 0 Å². The number of hydrogen-bond donors (Lipinski definition) is 1. The molecule has 0 amide bonds. The standard InChI is InChI=1S/C13H16N2O4/c1-13(2,3)19-12(16)11-10(14-11)8-4-6-9(7-5-8)15(17)18/h4-7,10-11,14H,1-3H3/t10-,11+/m1/s1. The lowest BCUT2D eigenvalue weighted by molar-refractivity contribution is -0.384. The van der Waals surface area contributed by atoms with Crippen LogP contribution in [-0.4, -0.2) is 22.5 Å². The van der Waals surface area contributed by atoms with Crippen LogP contribution in [0.2, 0.25) is 0 Å². The summed E-state index contributed by atoms with van der Waals surface area (Å²) >= 11 is 0. The fourth-order valence-electron chi connectivity index (χ4n) is 1.80. The molecule has 1 N–H and O–H groups in total. The molecule has 102 valence electrons. The lowest BCUT2D eigenvalue weighted by Gasteiger charge is -2.19. The van der Waals surface area contributed by atoms with Crippen LogP contribution in [0, 0.1) is 10.1 Å². The Labute approximate surface area is 110 Å². The van der Waals surface area contributed by atoms with Crippen molar-refractivity contribution >= 4 is 11.7 Å². The van der Waals surface area contributed by atoms with Crippen molar-refractivity contribution in [3.8, 4) is 0 Å².